The number of hydrogen-bond donors (Lipinski definition) is 0. The second kappa shape index (κ2) is 7.63. The molecule has 130 valence electrons. The fraction of sp³-hybridized carbons (Fsp3) is 0.368. The molecule has 1 aliphatic heterocycles. The minimum atomic E-state index is 0.416. The lowest BCUT2D eigenvalue weighted by atomic mass is 10.1. The van der Waals surface area contributed by atoms with E-state index in [4.69, 9.17) is 9.15 Å². The summed E-state index contributed by atoms with van der Waals surface area (Å²) in [7, 11) is 0. The second-order valence-corrected chi connectivity index (χ2v) is 6.54. The summed E-state index contributed by atoms with van der Waals surface area (Å²) in [4.78, 5) is 11.1. The Balaban J connectivity index is 1.40. The predicted octanol–water partition coefficient (Wildman–Crippen LogP) is 2.72. The monoisotopic (exact) mass is 338 g/mol. The van der Waals surface area contributed by atoms with Gasteiger partial charge in [0.15, 0.2) is 0 Å². The van der Waals surface area contributed by atoms with Gasteiger partial charge < -0.3 is 13.7 Å². The number of imidazole rings is 1. The van der Waals surface area contributed by atoms with E-state index in [1.165, 1.54) is 5.56 Å². The Morgan fingerprint density at radius 3 is 3.04 bits per heavy atom. The smallest absolute Gasteiger partial charge is 0.122 e. The molecule has 0 bridgehead atoms. The Morgan fingerprint density at radius 2 is 2.20 bits per heavy atom. The first kappa shape index (κ1) is 16.1. The molecule has 0 aromatic carbocycles. The number of ether oxygens (including phenoxy) is 1. The van der Waals surface area contributed by atoms with Crippen LogP contribution in [0.1, 0.15) is 17.0 Å². The van der Waals surface area contributed by atoms with Gasteiger partial charge in [-0.1, -0.05) is 6.07 Å². The zero-order valence-corrected chi connectivity index (χ0v) is 14.1. The van der Waals surface area contributed by atoms with Crippen molar-refractivity contribution in [1.82, 2.24) is 19.4 Å². The summed E-state index contributed by atoms with van der Waals surface area (Å²) in [5.41, 5.74) is 2.30. The lowest BCUT2D eigenvalue weighted by Gasteiger charge is -2.23. The van der Waals surface area contributed by atoms with Crippen LogP contribution >= 0.6 is 0 Å². The van der Waals surface area contributed by atoms with Crippen LogP contribution < -0.4 is 0 Å². The van der Waals surface area contributed by atoms with Crippen molar-refractivity contribution in [2.24, 2.45) is 5.92 Å². The summed E-state index contributed by atoms with van der Waals surface area (Å²) in [5, 5.41) is 0. The van der Waals surface area contributed by atoms with Crippen LogP contribution in [0.4, 0.5) is 0 Å². The quantitative estimate of drug-likeness (QED) is 0.692. The molecule has 0 spiro atoms. The number of fused-ring (bicyclic) bond motifs is 1. The lowest BCUT2D eigenvalue weighted by molar-refractivity contribution is 0.0664. The zero-order valence-electron chi connectivity index (χ0n) is 14.1. The molecule has 6 nitrogen and oxygen atoms in total. The van der Waals surface area contributed by atoms with E-state index in [2.05, 4.69) is 25.6 Å². The van der Waals surface area contributed by atoms with Gasteiger partial charge in [-0.15, -0.1) is 0 Å². The van der Waals surface area contributed by atoms with Crippen LogP contribution in [0.15, 0.2) is 59.9 Å². The molecule has 1 atom stereocenters. The fourth-order valence-electron chi connectivity index (χ4n) is 3.32. The van der Waals surface area contributed by atoms with Gasteiger partial charge in [-0.05, 0) is 17.7 Å². The highest BCUT2D eigenvalue weighted by Gasteiger charge is 2.23. The molecular formula is C19H22N4O2. The van der Waals surface area contributed by atoms with E-state index in [0.717, 1.165) is 37.6 Å². The molecule has 0 saturated heterocycles. The molecule has 0 radical (unpaired) electrons. The Hall–Kier alpha value is -2.44. The van der Waals surface area contributed by atoms with Crippen LogP contribution in [0.3, 0.4) is 0 Å². The maximum Gasteiger partial charge on any atom is 0.122 e. The van der Waals surface area contributed by atoms with Gasteiger partial charge in [-0.2, -0.15) is 0 Å². The van der Waals surface area contributed by atoms with Crippen molar-refractivity contribution in [3.63, 3.8) is 0 Å². The number of furan rings is 1. The number of rotatable bonds is 6. The summed E-state index contributed by atoms with van der Waals surface area (Å²) in [6.07, 6.45) is 11.1. The number of aromatic nitrogens is 3. The molecule has 0 aliphatic carbocycles. The predicted molar refractivity (Wildman–Crippen MR) is 92.4 cm³/mol. The minimum absolute atomic E-state index is 0.416. The van der Waals surface area contributed by atoms with Crippen LogP contribution in [0.2, 0.25) is 0 Å². The molecule has 0 unspecified atom stereocenters. The average Bonchev–Trinajstić information content (AvgIpc) is 3.25. The molecule has 0 amide bonds. The first-order valence-corrected chi connectivity index (χ1v) is 8.57. The molecule has 4 rings (SSSR count). The highest BCUT2D eigenvalue weighted by atomic mass is 16.5. The Labute approximate surface area is 147 Å². The Kier molecular flexibility index (Phi) is 4.90. The second-order valence-electron chi connectivity index (χ2n) is 6.54. The zero-order chi connectivity index (χ0) is 16.9. The van der Waals surface area contributed by atoms with Crippen LogP contribution in [-0.2, 0) is 31.0 Å². The van der Waals surface area contributed by atoms with E-state index in [-0.39, 0.29) is 0 Å². The number of hydrogen-bond acceptors (Lipinski definition) is 5. The molecule has 3 aromatic heterocycles. The van der Waals surface area contributed by atoms with E-state index in [1.807, 2.05) is 36.9 Å². The van der Waals surface area contributed by atoms with E-state index in [9.17, 15) is 0 Å². The SMILES string of the molecule is c1cncc(COC[C@@H]2CN(Cc3ccoc3)Cc3nccn3C2)c1. The van der Waals surface area contributed by atoms with Crippen molar-refractivity contribution in [2.75, 3.05) is 13.2 Å². The third-order valence-corrected chi connectivity index (χ3v) is 4.47. The van der Waals surface area contributed by atoms with Gasteiger partial charge in [0.25, 0.3) is 0 Å². The van der Waals surface area contributed by atoms with Crippen LogP contribution in [-0.4, -0.2) is 32.6 Å². The molecule has 1 aliphatic rings. The van der Waals surface area contributed by atoms with Gasteiger partial charge >= 0.3 is 0 Å². The maximum absolute atomic E-state index is 5.97. The van der Waals surface area contributed by atoms with E-state index in [0.29, 0.717) is 19.1 Å². The number of nitrogens with zero attached hydrogens (tertiary/aromatic N) is 4. The molecule has 0 saturated carbocycles. The van der Waals surface area contributed by atoms with E-state index >= 15 is 0 Å². The van der Waals surface area contributed by atoms with Crippen LogP contribution in [0.5, 0.6) is 0 Å². The van der Waals surface area contributed by atoms with Crippen molar-refractivity contribution in [2.45, 2.75) is 26.2 Å². The molecule has 4 heterocycles. The van der Waals surface area contributed by atoms with Crippen molar-refractivity contribution in [3.8, 4) is 0 Å². The Morgan fingerprint density at radius 1 is 1.20 bits per heavy atom. The Bertz CT molecular complexity index is 770. The highest BCUT2D eigenvalue weighted by molar-refractivity contribution is 5.07. The fourth-order valence-corrected chi connectivity index (χ4v) is 3.32. The standard InChI is InChI=1S/C19H22N4O2/c1-2-16(8-20-4-1)13-25-15-18-10-22(9-17-3-7-24-14-17)12-19-21-5-6-23(19)11-18/h1-8,14,18H,9-13,15H2/t18-/m1/s1. The molecule has 25 heavy (non-hydrogen) atoms. The molecular weight excluding hydrogens is 316 g/mol. The van der Waals surface area contributed by atoms with Crippen molar-refractivity contribution in [3.05, 3.63) is 72.5 Å². The third-order valence-electron chi connectivity index (χ3n) is 4.47. The minimum Gasteiger partial charge on any atom is -0.472 e. The van der Waals surface area contributed by atoms with Gasteiger partial charge in [0.2, 0.25) is 0 Å². The molecule has 0 fully saturated rings. The van der Waals surface area contributed by atoms with E-state index in [1.54, 1.807) is 12.5 Å². The first-order valence-electron chi connectivity index (χ1n) is 8.57. The van der Waals surface area contributed by atoms with Gasteiger partial charge in [-0.3, -0.25) is 9.88 Å². The van der Waals surface area contributed by atoms with Crippen LogP contribution in [0.25, 0.3) is 0 Å². The number of pyridine rings is 1. The molecule has 0 N–H and O–H groups in total. The summed E-state index contributed by atoms with van der Waals surface area (Å²) in [6.45, 7) is 4.93. The van der Waals surface area contributed by atoms with Crippen LogP contribution in [0, 0.1) is 5.92 Å². The summed E-state index contributed by atoms with van der Waals surface area (Å²) in [5.74, 6) is 1.53. The average molecular weight is 338 g/mol. The largest absolute Gasteiger partial charge is 0.472 e. The third kappa shape index (κ3) is 4.15. The normalized spacial score (nSPS) is 18.0. The van der Waals surface area contributed by atoms with Crippen molar-refractivity contribution < 1.29 is 9.15 Å². The summed E-state index contributed by atoms with van der Waals surface area (Å²) in [6, 6.07) is 6.00. The van der Waals surface area contributed by atoms with E-state index < -0.39 is 0 Å². The maximum atomic E-state index is 5.97. The first-order chi connectivity index (χ1) is 12.4. The summed E-state index contributed by atoms with van der Waals surface area (Å²) < 4.78 is 13.4. The molecule has 3 aromatic rings. The van der Waals surface area contributed by atoms with Gasteiger partial charge in [0, 0.05) is 55.9 Å². The van der Waals surface area contributed by atoms with Gasteiger partial charge in [-0.25, -0.2) is 4.98 Å². The summed E-state index contributed by atoms with van der Waals surface area (Å²) >= 11 is 0. The van der Waals surface area contributed by atoms with Crippen molar-refractivity contribution in [1.29, 1.82) is 0 Å². The highest BCUT2D eigenvalue weighted by Crippen LogP contribution is 2.18. The lowest BCUT2D eigenvalue weighted by Crippen LogP contribution is -2.30. The van der Waals surface area contributed by atoms with Crippen molar-refractivity contribution >= 4 is 0 Å². The van der Waals surface area contributed by atoms with Gasteiger partial charge in [0.05, 0.1) is 32.3 Å². The topological polar surface area (TPSA) is 56.3 Å². The molecule has 6 heteroatoms. The van der Waals surface area contributed by atoms with Gasteiger partial charge in [0.1, 0.15) is 5.82 Å².